The zero-order valence-corrected chi connectivity index (χ0v) is 23.5. The Morgan fingerprint density at radius 1 is 1.06 bits per heavy atom. The third-order valence-electron chi connectivity index (χ3n) is 7.25. The molecule has 1 aliphatic rings. The first-order valence-corrected chi connectivity index (χ1v) is 14.7. The van der Waals surface area contributed by atoms with Gasteiger partial charge in [-0.2, -0.15) is 0 Å². The van der Waals surface area contributed by atoms with E-state index in [2.05, 4.69) is 67.7 Å². The fraction of sp³-hybridized carbons (Fsp3) is 0.517. The summed E-state index contributed by atoms with van der Waals surface area (Å²) in [6.45, 7) is 10.7. The zero-order chi connectivity index (χ0) is 26.5. The molecule has 0 amide bonds. The summed E-state index contributed by atoms with van der Waals surface area (Å²) in [4.78, 5) is 5.74. The Hall–Kier alpha value is -2.35. The molecule has 0 atom stereocenters. The number of nitrogens with zero attached hydrogens (tertiary/aromatic N) is 1. The molecule has 0 unspecified atom stereocenters. The van der Waals surface area contributed by atoms with E-state index in [0.29, 0.717) is 29.9 Å². The maximum Gasteiger partial charge on any atom is 0.211 e. The maximum absolute atomic E-state index is 11.6. The number of aromatic hydroxyl groups is 1. The van der Waals surface area contributed by atoms with Crippen molar-refractivity contribution >= 4 is 20.9 Å². The van der Waals surface area contributed by atoms with E-state index in [4.69, 9.17) is 0 Å². The van der Waals surface area contributed by atoms with E-state index in [1.165, 1.54) is 30.8 Å². The molecule has 198 valence electrons. The van der Waals surface area contributed by atoms with Crippen molar-refractivity contribution in [3.8, 4) is 5.75 Å². The molecule has 7 heteroatoms. The molecule has 3 aromatic rings. The largest absolute Gasteiger partial charge is 0.507 e. The third kappa shape index (κ3) is 7.11. The Morgan fingerprint density at radius 2 is 1.67 bits per heavy atom. The van der Waals surface area contributed by atoms with Crippen LogP contribution < -0.4 is 4.72 Å². The van der Waals surface area contributed by atoms with Crippen molar-refractivity contribution < 1.29 is 13.5 Å². The predicted molar refractivity (Wildman–Crippen MR) is 151 cm³/mol. The summed E-state index contributed by atoms with van der Waals surface area (Å²) in [6, 6.07) is 12.2. The summed E-state index contributed by atoms with van der Waals surface area (Å²) in [6.07, 6.45) is 5.04. The first kappa shape index (κ1) is 28.2. The number of phenols is 1. The molecule has 0 radical (unpaired) electrons. The summed E-state index contributed by atoms with van der Waals surface area (Å²) in [5.41, 5.74) is 5.69. The molecule has 2 aromatic carbocycles. The number of benzene rings is 2. The van der Waals surface area contributed by atoms with E-state index in [1.54, 1.807) is 0 Å². The minimum Gasteiger partial charge on any atom is -0.507 e. The van der Waals surface area contributed by atoms with E-state index < -0.39 is 10.0 Å². The first-order valence-electron chi connectivity index (χ1n) is 13.0. The number of fused-ring (bicyclic) bond motifs is 1. The Bertz CT molecular complexity index is 1210. The second-order valence-corrected chi connectivity index (χ2v) is 12.6. The van der Waals surface area contributed by atoms with E-state index in [1.807, 2.05) is 24.3 Å². The topological polar surface area (TPSA) is 85.4 Å². The van der Waals surface area contributed by atoms with Crippen molar-refractivity contribution in [2.24, 2.45) is 0 Å². The van der Waals surface area contributed by atoms with Crippen LogP contribution in [0.15, 0.2) is 42.6 Å². The van der Waals surface area contributed by atoms with Crippen LogP contribution in [0.3, 0.4) is 0 Å². The molecule has 0 saturated carbocycles. The van der Waals surface area contributed by atoms with Gasteiger partial charge in [-0.15, -0.1) is 0 Å². The predicted octanol–water partition coefficient (Wildman–Crippen LogP) is 5.71. The van der Waals surface area contributed by atoms with Crippen LogP contribution >= 0.6 is 0 Å². The minimum absolute atomic E-state index is 0.128. The Labute approximate surface area is 217 Å². The SMILES string of the molecule is CC(C)c1cccc(C(C)C)c1O.CNS(=O)(=O)CCc1ccc2[nH]cc(C3CCN(C)CC3)c2c1. The molecule has 0 spiro atoms. The highest BCUT2D eigenvalue weighted by Crippen LogP contribution is 2.34. The molecule has 1 saturated heterocycles. The van der Waals surface area contributed by atoms with Crippen LogP contribution in [0.25, 0.3) is 10.9 Å². The lowest BCUT2D eigenvalue weighted by Gasteiger charge is -2.28. The van der Waals surface area contributed by atoms with Crippen LogP contribution in [-0.4, -0.2) is 56.3 Å². The van der Waals surface area contributed by atoms with Gasteiger partial charge in [0.05, 0.1) is 5.75 Å². The van der Waals surface area contributed by atoms with Crippen molar-refractivity contribution in [1.82, 2.24) is 14.6 Å². The lowest BCUT2D eigenvalue weighted by Crippen LogP contribution is -2.29. The minimum atomic E-state index is -3.16. The summed E-state index contributed by atoms with van der Waals surface area (Å²) >= 11 is 0. The number of rotatable bonds is 7. The normalized spacial score (nSPS) is 15.4. The molecule has 36 heavy (non-hydrogen) atoms. The fourth-order valence-corrected chi connectivity index (χ4v) is 5.58. The van der Waals surface area contributed by atoms with Gasteiger partial charge in [-0.05, 0) is 98.6 Å². The number of aryl methyl sites for hydroxylation is 1. The van der Waals surface area contributed by atoms with Gasteiger partial charge < -0.3 is 15.0 Å². The van der Waals surface area contributed by atoms with Crippen molar-refractivity contribution in [3.63, 3.8) is 0 Å². The van der Waals surface area contributed by atoms with Gasteiger partial charge in [-0.3, -0.25) is 0 Å². The zero-order valence-electron chi connectivity index (χ0n) is 22.6. The summed E-state index contributed by atoms with van der Waals surface area (Å²) in [5.74, 6) is 1.98. The smallest absolute Gasteiger partial charge is 0.211 e. The molecule has 3 N–H and O–H groups in total. The van der Waals surface area contributed by atoms with Gasteiger partial charge in [0.1, 0.15) is 5.75 Å². The monoisotopic (exact) mass is 513 g/mol. The number of phenolic OH excluding ortho intramolecular Hbond substituents is 1. The van der Waals surface area contributed by atoms with Crippen molar-refractivity contribution in [2.45, 2.75) is 64.7 Å². The number of sulfonamides is 1. The highest BCUT2D eigenvalue weighted by molar-refractivity contribution is 7.89. The Morgan fingerprint density at radius 3 is 2.22 bits per heavy atom. The number of aromatic nitrogens is 1. The molecular weight excluding hydrogens is 470 g/mol. The van der Waals surface area contributed by atoms with Gasteiger partial charge in [0, 0.05) is 17.1 Å². The lowest BCUT2D eigenvalue weighted by atomic mass is 9.89. The van der Waals surface area contributed by atoms with Crippen molar-refractivity contribution in [3.05, 3.63) is 64.8 Å². The van der Waals surface area contributed by atoms with Crippen molar-refractivity contribution in [2.75, 3.05) is 32.9 Å². The van der Waals surface area contributed by atoms with Gasteiger partial charge >= 0.3 is 0 Å². The second kappa shape index (κ2) is 12.3. The number of aromatic amines is 1. The molecule has 1 fully saturated rings. The fourth-order valence-electron chi connectivity index (χ4n) is 4.87. The van der Waals surface area contributed by atoms with Gasteiger partial charge in [-0.25, -0.2) is 13.1 Å². The lowest BCUT2D eigenvalue weighted by molar-refractivity contribution is 0.256. The van der Waals surface area contributed by atoms with Crippen LogP contribution in [0.1, 0.15) is 80.5 Å². The Kier molecular flexibility index (Phi) is 9.61. The molecule has 2 heterocycles. The molecule has 0 aliphatic carbocycles. The second-order valence-electron chi connectivity index (χ2n) is 10.6. The van der Waals surface area contributed by atoms with Crippen molar-refractivity contribution in [1.29, 1.82) is 0 Å². The van der Waals surface area contributed by atoms with Gasteiger partial charge in [0.15, 0.2) is 0 Å². The van der Waals surface area contributed by atoms with Crippen LogP contribution in [0.2, 0.25) is 0 Å². The first-order chi connectivity index (χ1) is 17.0. The maximum atomic E-state index is 11.6. The van der Waals surface area contributed by atoms with E-state index in [0.717, 1.165) is 35.3 Å². The summed E-state index contributed by atoms with van der Waals surface area (Å²) in [7, 11) is 0.476. The van der Waals surface area contributed by atoms with Crippen LogP contribution in [0, 0.1) is 0 Å². The average Bonchev–Trinajstić information content (AvgIpc) is 3.27. The highest BCUT2D eigenvalue weighted by atomic mass is 32.2. The number of hydrogen-bond donors (Lipinski definition) is 3. The third-order valence-corrected chi connectivity index (χ3v) is 8.61. The van der Waals surface area contributed by atoms with Gasteiger partial charge in [0.2, 0.25) is 10.0 Å². The summed E-state index contributed by atoms with van der Waals surface area (Å²) in [5, 5.41) is 11.2. The van der Waals surface area contributed by atoms with E-state index in [9.17, 15) is 13.5 Å². The summed E-state index contributed by atoms with van der Waals surface area (Å²) < 4.78 is 25.6. The van der Waals surface area contributed by atoms with Crippen LogP contribution in [0.5, 0.6) is 5.75 Å². The molecule has 4 rings (SSSR count). The number of piperidine rings is 1. The molecular formula is C29H43N3O3S. The van der Waals surface area contributed by atoms with Crippen LogP contribution in [0.4, 0.5) is 0 Å². The van der Waals surface area contributed by atoms with Gasteiger partial charge in [0.25, 0.3) is 0 Å². The number of H-pyrrole nitrogens is 1. The highest BCUT2D eigenvalue weighted by Gasteiger charge is 2.21. The Balaban J connectivity index is 0.000000236. The molecule has 1 aromatic heterocycles. The van der Waals surface area contributed by atoms with Crippen LogP contribution in [-0.2, 0) is 16.4 Å². The van der Waals surface area contributed by atoms with E-state index >= 15 is 0 Å². The average molecular weight is 514 g/mol. The number of nitrogens with one attached hydrogen (secondary N) is 2. The standard InChI is InChI=1S/C17H25N3O2S.C12H18O/c1-18-23(21,22)10-7-13-3-4-17-15(11-13)16(12-19-17)14-5-8-20(2)9-6-14;1-8(2)10-6-5-7-11(9(3)4)12(10)13/h3-4,11-12,14,18-19H,5-10H2,1-2H3;5-9,13H,1-4H3. The van der Waals surface area contributed by atoms with Gasteiger partial charge in [-0.1, -0.05) is 52.0 Å². The molecule has 0 bridgehead atoms. The number of hydrogen-bond acceptors (Lipinski definition) is 4. The quantitative estimate of drug-likeness (QED) is 0.378. The molecule has 6 nitrogen and oxygen atoms in total. The molecule has 1 aliphatic heterocycles. The number of likely N-dealkylation sites (tertiary alicyclic amines) is 1. The number of para-hydroxylation sites is 1. The van der Waals surface area contributed by atoms with E-state index in [-0.39, 0.29) is 5.75 Å².